The Morgan fingerprint density at radius 3 is 2.54 bits per heavy atom. The SMILES string of the molecule is COc1ccc(CN2Cc3c(ccc(OC)c3Cl)N3CC(=O)N=C23)cc1. The average molecular weight is 372 g/mol. The molecule has 2 aromatic carbocycles. The van der Waals surface area contributed by atoms with Gasteiger partial charge in [-0.1, -0.05) is 23.7 Å². The van der Waals surface area contributed by atoms with Crippen LogP contribution in [0.4, 0.5) is 5.69 Å². The molecular formula is C19H18ClN3O3. The highest BCUT2D eigenvalue weighted by Gasteiger charge is 2.36. The summed E-state index contributed by atoms with van der Waals surface area (Å²) in [5, 5.41) is 0.572. The zero-order chi connectivity index (χ0) is 18.3. The van der Waals surface area contributed by atoms with Gasteiger partial charge in [0.15, 0.2) is 0 Å². The Kier molecular flexibility index (Phi) is 4.20. The molecule has 7 heteroatoms. The van der Waals surface area contributed by atoms with Gasteiger partial charge in [-0.25, -0.2) is 0 Å². The summed E-state index contributed by atoms with van der Waals surface area (Å²) in [6.07, 6.45) is 0. The molecule has 2 aromatic rings. The number of methoxy groups -OCH3 is 2. The Morgan fingerprint density at radius 2 is 1.85 bits per heavy atom. The van der Waals surface area contributed by atoms with E-state index in [1.54, 1.807) is 14.2 Å². The fourth-order valence-corrected chi connectivity index (χ4v) is 3.63. The number of carbonyl (C=O) groups excluding carboxylic acids is 1. The van der Waals surface area contributed by atoms with E-state index in [0.717, 1.165) is 22.6 Å². The predicted molar refractivity (Wildman–Crippen MR) is 100 cm³/mol. The van der Waals surface area contributed by atoms with Crippen LogP contribution < -0.4 is 14.4 Å². The van der Waals surface area contributed by atoms with Crippen molar-refractivity contribution in [3.05, 3.63) is 52.5 Å². The van der Waals surface area contributed by atoms with Crippen molar-refractivity contribution in [3.63, 3.8) is 0 Å². The summed E-state index contributed by atoms with van der Waals surface area (Å²) >= 11 is 6.54. The third-order valence-corrected chi connectivity index (χ3v) is 5.03. The van der Waals surface area contributed by atoms with E-state index in [9.17, 15) is 4.79 Å². The van der Waals surface area contributed by atoms with E-state index in [0.29, 0.717) is 29.8 Å². The first-order valence-electron chi connectivity index (χ1n) is 8.23. The lowest BCUT2D eigenvalue weighted by atomic mass is 10.1. The number of aliphatic imine (C=N–C) groups is 1. The maximum atomic E-state index is 12.0. The topological polar surface area (TPSA) is 54.4 Å². The number of nitrogens with zero attached hydrogens (tertiary/aromatic N) is 3. The number of anilines is 1. The van der Waals surface area contributed by atoms with Crippen molar-refractivity contribution in [2.24, 2.45) is 4.99 Å². The van der Waals surface area contributed by atoms with Crippen LogP contribution >= 0.6 is 11.6 Å². The lowest BCUT2D eigenvalue weighted by Crippen LogP contribution is -2.45. The van der Waals surface area contributed by atoms with Gasteiger partial charge in [0, 0.05) is 18.7 Å². The molecule has 0 aromatic heterocycles. The molecule has 2 aliphatic heterocycles. The zero-order valence-electron chi connectivity index (χ0n) is 14.5. The summed E-state index contributed by atoms with van der Waals surface area (Å²) < 4.78 is 10.6. The zero-order valence-corrected chi connectivity index (χ0v) is 15.3. The first-order valence-corrected chi connectivity index (χ1v) is 8.61. The Bertz CT molecular complexity index is 896. The second kappa shape index (κ2) is 6.53. The summed E-state index contributed by atoms with van der Waals surface area (Å²) in [6, 6.07) is 11.6. The maximum Gasteiger partial charge on any atom is 0.268 e. The molecule has 6 nitrogen and oxygen atoms in total. The van der Waals surface area contributed by atoms with Crippen molar-refractivity contribution >= 4 is 29.2 Å². The van der Waals surface area contributed by atoms with Crippen molar-refractivity contribution in [3.8, 4) is 11.5 Å². The van der Waals surface area contributed by atoms with Crippen molar-refractivity contribution in [2.75, 3.05) is 25.7 Å². The number of amides is 1. The Morgan fingerprint density at radius 1 is 1.08 bits per heavy atom. The van der Waals surface area contributed by atoms with Crippen LogP contribution in [-0.2, 0) is 17.9 Å². The minimum Gasteiger partial charge on any atom is -0.497 e. The van der Waals surface area contributed by atoms with Crippen LogP contribution in [-0.4, -0.2) is 37.5 Å². The average Bonchev–Trinajstić information content (AvgIpc) is 3.05. The second-order valence-electron chi connectivity index (χ2n) is 6.18. The lowest BCUT2D eigenvalue weighted by molar-refractivity contribution is -0.115. The van der Waals surface area contributed by atoms with Gasteiger partial charge in [0.25, 0.3) is 5.91 Å². The number of guanidine groups is 1. The van der Waals surface area contributed by atoms with Crippen molar-refractivity contribution in [1.29, 1.82) is 0 Å². The van der Waals surface area contributed by atoms with E-state index < -0.39 is 0 Å². The standard InChI is InChI=1S/C19H18ClN3O3/c1-25-13-5-3-12(4-6-13)9-22-10-14-15(7-8-16(26-2)18(14)20)23-11-17(24)21-19(22)23/h3-8H,9-11H2,1-2H3. The molecule has 2 heterocycles. The Labute approximate surface area is 156 Å². The summed E-state index contributed by atoms with van der Waals surface area (Å²) in [6.45, 7) is 1.39. The minimum absolute atomic E-state index is 0.153. The summed E-state index contributed by atoms with van der Waals surface area (Å²) in [7, 11) is 3.24. The molecule has 0 radical (unpaired) electrons. The highest BCUT2D eigenvalue weighted by Crippen LogP contribution is 2.40. The monoisotopic (exact) mass is 371 g/mol. The molecule has 0 unspecified atom stereocenters. The van der Waals surface area contributed by atoms with Gasteiger partial charge in [-0.2, -0.15) is 4.99 Å². The molecule has 0 N–H and O–H groups in total. The quantitative estimate of drug-likeness (QED) is 0.826. The first kappa shape index (κ1) is 16.7. The van der Waals surface area contributed by atoms with Gasteiger partial charge < -0.3 is 19.3 Å². The van der Waals surface area contributed by atoms with Gasteiger partial charge in [-0.15, -0.1) is 0 Å². The van der Waals surface area contributed by atoms with Gasteiger partial charge in [-0.05, 0) is 29.8 Å². The van der Waals surface area contributed by atoms with E-state index in [1.807, 2.05) is 41.3 Å². The molecule has 0 saturated carbocycles. The van der Waals surface area contributed by atoms with Crippen LogP contribution in [0.5, 0.6) is 11.5 Å². The van der Waals surface area contributed by atoms with Gasteiger partial charge in [0.2, 0.25) is 5.96 Å². The minimum atomic E-state index is -0.153. The van der Waals surface area contributed by atoms with Crippen LogP contribution in [0, 0.1) is 0 Å². The van der Waals surface area contributed by atoms with Crippen LogP contribution in [0.15, 0.2) is 41.4 Å². The third-order valence-electron chi connectivity index (χ3n) is 4.62. The molecule has 1 amide bonds. The Balaban J connectivity index is 1.71. The van der Waals surface area contributed by atoms with E-state index in [2.05, 4.69) is 9.89 Å². The van der Waals surface area contributed by atoms with Gasteiger partial charge in [0.05, 0.1) is 24.9 Å². The lowest BCUT2D eigenvalue weighted by Gasteiger charge is -2.37. The first-order chi connectivity index (χ1) is 12.6. The molecule has 0 bridgehead atoms. The predicted octanol–water partition coefficient (Wildman–Crippen LogP) is 3.08. The van der Waals surface area contributed by atoms with Gasteiger partial charge in [-0.3, -0.25) is 4.79 Å². The largest absolute Gasteiger partial charge is 0.497 e. The van der Waals surface area contributed by atoms with Crippen LogP contribution in [0.25, 0.3) is 0 Å². The molecule has 134 valence electrons. The molecule has 0 aliphatic carbocycles. The summed E-state index contributed by atoms with van der Waals surface area (Å²) in [4.78, 5) is 20.2. The smallest absolute Gasteiger partial charge is 0.268 e. The van der Waals surface area contributed by atoms with Crippen LogP contribution in [0.2, 0.25) is 5.02 Å². The molecule has 2 aliphatic rings. The molecule has 0 fully saturated rings. The molecule has 0 atom stereocenters. The number of halogens is 1. The summed E-state index contributed by atoms with van der Waals surface area (Å²) in [5.41, 5.74) is 2.94. The molecule has 26 heavy (non-hydrogen) atoms. The third kappa shape index (κ3) is 2.76. The fraction of sp³-hybridized carbons (Fsp3) is 0.263. The van der Waals surface area contributed by atoms with E-state index in [4.69, 9.17) is 21.1 Å². The number of hydrogen-bond donors (Lipinski definition) is 0. The van der Waals surface area contributed by atoms with Crippen molar-refractivity contribution in [2.45, 2.75) is 13.1 Å². The van der Waals surface area contributed by atoms with Crippen molar-refractivity contribution < 1.29 is 14.3 Å². The summed E-state index contributed by atoms with van der Waals surface area (Å²) in [5.74, 6) is 1.94. The van der Waals surface area contributed by atoms with Crippen molar-refractivity contribution in [1.82, 2.24) is 4.90 Å². The normalized spacial score (nSPS) is 15.5. The van der Waals surface area contributed by atoms with Crippen LogP contribution in [0.1, 0.15) is 11.1 Å². The maximum absolute atomic E-state index is 12.0. The molecular weight excluding hydrogens is 354 g/mol. The number of ether oxygens (including phenoxy) is 2. The van der Waals surface area contributed by atoms with Crippen LogP contribution in [0.3, 0.4) is 0 Å². The molecule has 4 rings (SSSR count). The fourth-order valence-electron chi connectivity index (χ4n) is 3.34. The number of carbonyl (C=O) groups is 1. The van der Waals surface area contributed by atoms with E-state index >= 15 is 0 Å². The van der Waals surface area contributed by atoms with Gasteiger partial charge >= 0.3 is 0 Å². The number of rotatable bonds is 4. The molecule has 0 spiro atoms. The van der Waals surface area contributed by atoms with E-state index in [-0.39, 0.29) is 12.5 Å². The number of benzene rings is 2. The highest BCUT2D eigenvalue weighted by atomic mass is 35.5. The molecule has 0 saturated heterocycles. The highest BCUT2D eigenvalue weighted by molar-refractivity contribution is 6.33. The number of hydrogen-bond acceptors (Lipinski definition) is 5. The van der Waals surface area contributed by atoms with E-state index in [1.165, 1.54) is 0 Å². The Hall–Kier alpha value is -2.73. The number of fused-ring (bicyclic) bond motifs is 3. The van der Waals surface area contributed by atoms with Gasteiger partial charge in [0.1, 0.15) is 18.0 Å². The second-order valence-corrected chi connectivity index (χ2v) is 6.55.